The van der Waals surface area contributed by atoms with Gasteiger partial charge >= 0.3 is 0 Å². The number of hydrogen-bond donors (Lipinski definition) is 3. The number of amides is 1. The molecule has 0 spiro atoms. The zero-order valence-corrected chi connectivity index (χ0v) is 13.7. The lowest BCUT2D eigenvalue weighted by atomic mass is 9.96. The van der Waals surface area contributed by atoms with Gasteiger partial charge in [0.15, 0.2) is 17.2 Å². The van der Waals surface area contributed by atoms with Crippen molar-refractivity contribution in [1.82, 2.24) is 15.6 Å². The van der Waals surface area contributed by atoms with Crippen molar-refractivity contribution in [1.29, 1.82) is 0 Å². The number of phenols is 1. The van der Waals surface area contributed by atoms with Crippen LogP contribution in [0.2, 0.25) is 0 Å². The van der Waals surface area contributed by atoms with E-state index in [1.54, 1.807) is 19.1 Å². The fourth-order valence-electron chi connectivity index (χ4n) is 2.82. The maximum absolute atomic E-state index is 12.3. The van der Waals surface area contributed by atoms with Crippen molar-refractivity contribution in [3.05, 3.63) is 40.7 Å². The van der Waals surface area contributed by atoms with Gasteiger partial charge in [-0.15, -0.1) is 0 Å². The second kappa shape index (κ2) is 6.74. The first-order chi connectivity index (χ1) is 11.6. The molecule has 0 aliphatic heterocycles. The molecular formula is C17H20N4O3. The number of fused-ring (bicyclic) bond motifs is 1. The van der Waals surface area contributed by atoms with Crippen LogP contribution in [0.15, 0.2) is 23.3 Å². The van der Waals surface area contributed by atoms with E-state index in [2.05, 4.69) is 20.7 Å². The Morgan fingerprint density at radius 3 is 2.96 bits per heavy atom. The number of carbonyl (C=O) groups is 1. The molecule has 1 heterocycles. The summed E-state index contributed by atoms with van der Waals surface area (Å²) in [4.78, 5) is 12.3. The van der Waals surface area contributed by atoms with Crippen LogP contribution >= 0.6 is 0 Å². The third kappa shape index (κ3) is 3.10. The number of hydrazone groups is 1. The molecule has 1 aromatic carbocycles. The molecule has 2 aromatic rings. The van der Waals surface area contributed by atoms with Gasteiger partial charge < -0.3 is 9.84 Å². The number of H-pyrrole nitrogens is 1. The predicted octanol–water partition coefficient (Wildman–Crippen LogP) is 2.16. The largest absolute Gasteiger partial charge is 0.504 e. The summed E-state index contributed by atoms with van der Waals surface area (Å²) in [5.41, 5.74) is 6.37. The average molecular weight is 328 g/mol. The molecule has 3 N–H and O–H groups in total. The lowest BCUT2D eigenvalue weighted by Crippen LogP contribution is -2.21. The number of rotatable bonds is 4. The van der Waals surface area contributed by atoms with Crippen LogP contribution in [0.4, 0.5) is 0 Å². The van der Waals surface area contributed by atoms with Gasteiger partial charge in [-0.25, -0.2) is 5.43 Å². The summed E-state index contributed by atoms with van der Waals surface area (Å²) in [6.45, 7) is 1.77. The molecule has 0 atom stereocenters. The number of hydrogen-bond acceptors (Lipinski definition) is 5. The van der Waals surface area contributed by atoms with Gasteiger partial charge in [0.1, 0.15) is 0 Å². The topological polar surface area (TPSA) is 99.6 Å². The Morgan fingerprint density at radius 1 is 1.38 bits per heavy atom. The molecule has 0 radical (unpaired) electrons. The summed E-state index contributed by atoms with van der Waals surface area (Å²) in [6.07, 6.45) is 4.00. The number of nitrogens with zero attached hydrogens (tertiary/aromatic N) is 2. The quantitative estimate of drug-likeness (QED) is 0.591. The number of aromatic amines is 1. The van der Waals surface area contributed by atoms with Crippen LogP contribution in [-0.4, -0.2) is 34.0 Å². The normalized spacial score (nSPS) is 14.2. The Morgan fingerprint density at radius 2 is 2.17 bits per heavy atom. The number of aryl methyl sites for hydroxylation is 1. The number of methoxy groups -OCH3 is 1. The van der Waals surface area contributed by atoms with E-state index in [-0.39, 0.29) is 11.7 Å². The van der Waals surface area contributed by atoms with Gasteiger partial charge in [0.25, 0.3) is 5.91 Å². The van der Waals surface area contributed by atoms with E-state index < -0.39 is 0 Å². The predicted molar refractivity (Wildman–Crippen MR) is 89.6 cm³/mol. The van der Waals surface area contributed by atoms with Crippen molar-refractivity contribution in [3.63, 3.8) is 0 Å². The van der Waals surface area contributed by atoms with Crippen LogP contribution in [0.1, 0.15) is 47.1 Å². The van der Waals surface area contributed by atoms with E-state index in [0.717, 1.165) is 42.5 Å². The first kappa shape index (κ1) is 16.0. The molecule has 1 aromatic heterocycles. The Bertz CT molecular complexity index is 795. The van der Waals surface area contributed by atoms with E-state index >= 15 is 0 Å². The van der Waals surface area contributed by atoms with Crippen LogP contribution < -0.4 is 10.2 Å². The molecule has 0 saturated heterocycles. The number of aromatic nitrogens is 2. The van der Waals surface area contributed by atoms with Crippen LogP contribution in [0, 0.1) is 0 Å². The molecule has 24 heavy (non-hydrogen) atoms. The van der Waals surface area contributed by atoms with E-state index in [4.69, 9.17) is 4.74 Å². The van der Waals surface area contributed by atoms with Gasteiger partial charge in [0.05, 0.1) is 12.8 Å². The maximum atomic E-state index is 12.3. The van der Waals surface area contributed by atoms with Crippen molar-refractivity contribution in [2.45, 2.75) is 32.6 Å². The first-order valence-corrected chi connectivity index (χ1v) is 7.88. The molecule has 0 bridgehead atoms. The van der Waals surface area contributed by atoms with Crippen LogP contribution in [0.5, 0.6) is 11.5 Å². The highest BCUT2D eigenvalue weighted by molar-refractivity contribution is 6.01. The summed E-state index contributed by atoms with van der Waals surface area (Å²) in [5.74, 6) is 0.0930. The number of nitrogens with one attached hydrogen (secondary N) is 2. The highest BCUT2D eigenvalue weighted by atomic mass is 16.5. The van der Waals surface area contributed by atoms with Gasteiger partial charge in [-0.2, -0.15) is 10.2 Å². The van der Waals surface area contributed by atoms with Gasteiger partial charge in [0.2, 0.25) is 0 Å². The third-order valence-electron chi connectivity index (χ3n) is 4.19. The highest BCUT2D eigenvalue weighted by Gasteiger charge is 2.21. The van der Waals surface area contributed by atoms with Crippen molar-refractivity contribution in [3.8, 4) is 11.5 Å². The Labute approximate surface area is 139 Å². The minimum Gasteiger partial charge on any atom is -0.504 e. The molecular weight excluding hydrogens is 308 g/mol. The monoisotopic (exact) mass is 328 g/mol. The van der Waals surface area contributed by atoms with E-state index in [9.17, 15) is 9.90 Å². The summed E-state index contributed by atoms with van der Waals surface area (Å²) in [6, 6.07) is 4.90. The molecule has 1 amide bonds. The summed E-state index contributed by atoms with van der Waals surface area (Å²) in [5, 5.41) is 20.8. The summed E-state index contributed by atoms with van der Waals surface area (Å²) >= 11 is 0. The standard InChI is InChI=1S/C17H20N4O3/c1-10(11-7-8-14(22)15(9-11)24-2)18-21-17(23)16-12-5-3-4-6-13(12)19-20-16/h7-9,22H,3-6H2,1-2H3,(H,19,20)(H,21,23). The lowest BCUT2D eigenvalue weighted by molar-refractivity contribution is 0.0948. The lowest BCUT2D eigenvalue weighted by Gasteiger charge is -2.10. The molecule has 1 aliphatic carbocycles. The van der Waals surface area contributed by atoms with E-state index in [1.165, 1.54) is 13.2 Å². The van der Waals surface area contributed by atoms with E-state index in [0.29, 0.717) is 17.2 Å². The number of ether oxygens (including phenoxy) is 1. The minimum atomic E-state index is -0.320. The van der Waals surface area contributed by atoms with E-state index in [1.807, 2.05) is 0 Å². The smallest absolute Gasteiger partial charge is 0.292 e. The van der Waals surface area contributed by atoms with Crippen LogP contribution in [-0.2, 0) is 12.8 Å². The number of carbonyl (C=O) groups excluding carboxylic acids is 1. The van der Waals surface area contributed by atoms with Crippen molar-refractivity contribution in [2.24, 2.45) is 5.10 Å². The second-order valence-electron chi connectivity index (χ2n) is 5.76. The molecule has 7 heteroatoms. The Hall–Kier alpha value is -2.83. The minimum absolute atomic E-state index is 0.0567. The zero-order chi connectivity index (χ0) is 17.1. The fraction of sp³-hybridized carbons (Fsp3) is 0.353. The maximum Gasteiger partial charge on any atom is 0.292 e. The molecule has 1 aliphatic rings. The van der Waals surface area contributed by atoms with Crippen molar-refractivity contribution in [2.75, 3.05) is 7.11 Å². The molecule has 0 fully saturated rings. The summed E-state index contributed by atoms with van der Waals surface area (Å²) < 4.78 is 5.08. The average Bonchev–Trinajstić information content (AvgIpc) is 3.04. The molecule has 126 valence electrons. The first-order valence-electron chi connectivity index (χ1n) is 7.88. The van der Waals surface area contributed by atoms with Crippen molar-refractivity contribution < 1.29 is 14.6 Å². The van der Waals surface area contributed by atoms with Gasteiger partial charge in [-0.05, 0) is 50.8 Å². The molecule has 0 unspecified atom stereocenters. The summed E-state index contributed by atoms with van der Waals surface area (Å²) in [7, 11) is 1.48. The highest BCUT2D eigenvalue weighted by Crippen LogP contribution is 2.26. The molecule has 0 saturated carbocycles. The molecule has 3 rings (SSSR count). The van der Waals surface area contributed by atoms with Gasteiger partial charge in [0, 0.05) is 16.8 Å². The number of phenolic OH excluding ortho intramolecular Hbond substituents is 1. The Kier molecular flexibility index (Phi) is 4.50. The number of aromatic hydroxyl groups is 1. The van der Waals surface area contributed by atoms with Gasteiger partial charge in [-0.3, -0.25) is 9.89 Å². The van der Waals surface area contributed by atoms with Crippen LogP contribution in [0.25, 0.3) is 0 Å². The molecule has 7 nitrogen and oxygen atoms in total. The Balaban J connectivity index is 1.75. The second-order valence-corrected chi connectivity index (χ2v) is 5.76. The third-order valence-corrected chi connectivity index (χ3v) is 4.19. The fourth-order valence-corrected chi connectivity index (χ4v) is 2.82. The zero-order valence-electron chi connectivity index (χ0n) is 13.7. The van der Waals surface area contributed by atoms with Gasteiger partial charge in [-0.1, -0.05) is 0 Å². The number of benzene rings is 1. The van der Waals surface area contributed by atoms with Crippen LogP contribution in [0.3, 0.4) is 0 Å². The van der Waals surface area contributed by atoms with Crippen molar-refractivity contribution >= 4 is 11.6 Å². The SMILES string of the molecule is COc1cc(C(C)=NNC(=O)c2n[nH]c3c2CCCC3)ccc1O.